The van der Waals surface area contributed by atoms with E-state index in [4.69, 9.17) is 32.7 Å². The second-order valence-corrected chi connectivity index (χ2v) is 10.8. The van der Waals surface area contributed by atoms with Crippen molar-refractivity contribution in [2.45, 2.75) is 10.8 Å². The molecular weight excluding hydrogens is 542 g/mol. The van der Waals surface area contributed by atoms with E-state index in [1.807, 2.05) is 0 Å². The highest BCUT2D eigenvalue weighted by molar-refractivity contribution is 7.86. The van der Waals surface area contributed by atoms with Crippen LogP contribution in [-0.2, 0) is 23.9 Å². The van der Waals surface area contributed by atoms with Crippen LogP contribution in [0.1, 0.15) is 22.6 Å². The number of benzene rings is 3. The number of methoxy groups -OCH3 is 3. The van der Waals surface area contributed by atoms with Crippen molar-refractivity contribution < 1.29 is 45.9 Å². The van der Waals surface area contributed by atoms with E-state index in [9.17, 15) is 13.2 Å². The molecule has 0 saturated carbocycles. The minimum atomic E-state index is -4.22. The van der Waals surface area contributed by atoms with Crippen LogP contribution in [0.25, 0.3) is 0 Å². The Morgan fingerprint density at radius 2 is 1.55 bits per heavy atom. The minimum absolute atomic E-state index is 0.00805. The van der Waals surface area contributed by atoms with Gasteiger partial charge in [0, 0.05) is 11.5 Å². The molecule has 3 aromatic carbocycles. The van der Waals surface area contributed by atoms with Crippen molar-refractivity contribution in [3.63, 3.8) is 0 Å². The lowest BCUT2D eigenvalue weighted by atomic mass is 9.66. The monoisotopic (exact) mass is 567 g/mol. The molecule has 0 radical (unpaired) electrons. The molecule has 1 fully saturated rings. The summed E-state index contributed by atoms with van der Waals surface area (Å²) in [6, 6.07) is 14.7. The Morgan fingerprint density at radius 3 is 2.20 bits per heavy atom. The number of hydrogen-bond acceptors (Lipinski definition) is 11. The van der Waals surface area contributed by atoms with Gasteiger partial charge in [0.1, 0.15) is 11.5 Å². The third kappa shape index (κ3) is 4.15. The van der Waals surface area contributed by atoms with Crippen LogP contribution in [0.2, 0.25) is 0 Å². The van der Waals surface area contributed by atoms with Crippen LogP contribution in [0.15, 0.2) is 64.6 Å². The van der Waals surface area contributed by atoms with Crippen LogP contribution in [-0.4, -0.2) is 54.8 Å². The smallest absolute Gasteiger partial charge is 0.358 e. The first-order valence-electron chi connectivity index (χ1n) is 12.3. The highest BCUT2D eigenvalue weighted by Gasteiger charge is 2.52. The molecule has 0 N–H and O–H groups in total. The first-order valence-corrected chi connectivity index (χ1v) is 13.7. The molecule has 1 aliphatic carbocycles. The lowest BCUT2D eigenvalue weighted by Gasteiger charge is -2.34. The molecule has 2 heterocycles. The number of ether oxygens (including phenoxy) is 6. The van der Waals surface area contributed by atoms with Crippen molar-refractivity contribution in [3.8, 4) is 28.7 Å². The topological polar surface area (TPSA) is 128 Å². The molecule has 1 saturated heterocycles. The van der Waals surface area contributed by atoms with E-state index in [-0.39, 0.29) is 24.0 Å². The number of rotatable bonds is 7. The number of oxime groups is 1. The van der Waals surface area contributed by atoms with E-state index in [0.717, 1.165) is 0 Å². The van der Waals surface area contributed by atoms with Gasteiger partial charge in [-0.2, -0.15) is 8.42 Å². The summed E-state index contributed by atoms with van der Waals surface area (Å²) in [5.41, 5.74) is 2.15. The molecule has 0 bridgehead atoms. The Hall–Kier alpha value is -4.45. The summed E-state index contributed by atoms with van der Waals surface area (Å²) in [6.07, 6.45) is 0. The van der Waals surface area contributed by atoms with E-state index in [1.54, 1.807) is 42.5 Å². The molecule has 6 rings (SSSR count). The number of carbonyl (C=O) groups excluding carboxylic acids is 1. The quantitative estimate of drug-likeness (QED) is 0.309. The first kappa shape index (κ1) is 25.8. The highest BCUT2D eigenvalue weighted by atomic mass is 32.2. The molecule has 208 valence electrons. The molecule has 2 aliphatic heterocycles. The fourth-order valence-corrected chi connectivity index (χ4v) is 6.24. The molecule has 11 nitrogen and oxygen atoms in total. The fraction of sp³-hybridized carbons (Fsp3) is 0.286. The predicted octanol–water partition coefficient (Wildman–Crippen LogP) is 3.49. The zero-order valence-corrected chi connectivity index (χ0v) is 22.6. The van der Waals surface area contributed by atoms with Gasteiger partial charge < -0.3 is 28.4 Å². The summed E-state index contributed by atoms with van der Waals surface area (Å²) in [4.78, 5) is 13.2. The first-order chi connectivity index (χ1) is 19.4. The standard InChI is InChI=1S/C28H25NO10S/c1-33-22-9-15(10-23(34-2)27(22)35-3)24-17-11-20-21(38-14-37-20)12-18(17)26(19-13-36-28(30)25(19)24)29-39-40(31,32)16-7-5-4-6-8-16/h4-12,19,24-25H,13-14H2,1-3H3/b29-26-/t19-,24+,25+/m0/s1. The maximum atomic E-state index is 13.3. The lowest BCUT2D eigenvalue weighted by Crippen LogP contribution is -2.37. The number of cyclic esters (lactones) is 1. The van der Waals surface area contributed by atoms with Gasteiger partial charge in [0.25, 0.3) is 0 Å². The molecule has 0 unspecified atom stereocenters. The molecule has 0 spiro atoms. The van der Waals surface area contributed by atoms with Crippen molar-refractivity contribution in [3.05, 3.63) is 71.3 Å². The molecule has 0 aromatic heterocycles. The molecule has 3 aliphatic rings. The van der Waals surface area contributed by atoms with Gasteiger partial charge >= 0.3 is 16.1 Å². The average Bonchev–Trinajstić information content (AvgIpc) is 3.60. The van der Waals surface area contributed by atoms with Crippen LogP contribution < -0.4 is 23.7 Å². The van der Waals surface area contributed by atoms with Crippen molar-refractivity contribution in [1.29, 1.82) is 0 Å². The summed E-state index contributed by atoms with van der Waals surface area (Å²) < 4.78 is 64.4. The van der Waals surface area contributed by atoms with E-state index >= 15 is 0 Å². The molecule has 3 atom stereocenters. The SMILES string of the molecule is COc1cc([C@@H]2c3cc4c(cc3/C(=N/OS(=O)(=O)c3ccccc3)[C@H]3COC(=O)[C@@H]23)OCO4)cc(OC)c1OC. The largest absolute Gasteiger partial charge is 0.493 e. The van der Waals surface area contributed by atoms with Gasteiger partial charge in [-0.25, -0.2) is 0 Å². The maximum absolute atomic E-state index is 13.3. The van der Waals surface area contributed by atoms with Gasteiger partial charge in [-0.05, 0) is 47.5 Å². The van der Waals surface area contributed by atoms with Crippen LogP contribution in [0.3, 0.4) is 0 Å². The zero-order chi connectivity index (χ0) is 28.0. The molecule has 40 heavy (non-hydrogen) atoms. The van der Waals surface area contributed by atoms with Crippen molar-refractivity contribution in [2.75, 3.05) is 34.7 Å². The van der Waals surface area contributed by atoms with Gasteiger partial charge in [0.15, 0.2) is 23.0 Å². The average molecular weight is 568 g/mol. The Balaban J connectivity index is 1.54. The third-order valence-corrected chi connectivity index (χ3v) is 8.41. The van der Waals surface area contributed by atoms with Gasteiger partial charge in [0.2, 0.25) is 12.5 Å². The fourth-order valence-electron chi connectivity index (χ4n) is 5.49. The van der Waals surface area contributed by atoms with E-state index < -0.39 is 33.8 Å². The predicted molar refractivity (Wildman–Crippen MR) is 140 cm³/mol. The van der Waals surface area contributed by atoms with Crippen LogP contribution in [0.5, 0.6) is 28.7 Å². The Morgan fingerprint density at radius 1 is 0.875 bits per heavy atom. The Bertz CT molecular complexity index is 1590. The highest BCUT2D eigenvalue weighted by Crippen LogP contribution is 2.52. The van der Waals surface area contributed by atoms with Crippen molar-refractivity contribution in [1.82, 2.24) is 0 Å². The lowest BCUT2D eigenvalue weighted by molar-refractivity contribution is -0.141. The molecule has 12 heteroatoms. The van der Waals surface area contributed by atoms with Crippen LogP contribution in [0.4, 0.5) is 0 Å². The Labute approximate surface area is 230 Å². The van der Waals surface area contributed by atoms with E-state index in [1.165, 1.54) is 33.5 Å². The van der Waals surface area contributed by atoms with E-state index in [2.05, 4.69) is 5.16 Å². The number of nitrogens with zero attached hydrogens (tertiary/aromatic N) is 1. The second-order valence-electron chi connectivity index (χ2n) is 9.31. The van der Waals surface area contributed by atoms with Crippen LogP contribution >= 0.6 is 0 Å². The minimum Gasteiger partial charge on any atom is -0.493 e. The van der Waals surface area contributed by atoms with Crippen molar-refractivity contribution in [2.24, 2.45) is 17.0 Å². The maximum Gasteiger partial charge on any atom is 0.358 e. The summed E-state index contributed by atoms with van der Waals surface area (Å²) >= 11 is 0. The summed E-state index contributed by atoms with van der Waals surface area (Å²) in [5.74, 6) is -0.190. The number of esters is 1. The van der Waals surface area contributed by atoms with Gasteiger partial charge in [0.05, 0.1) is 38.9 Å². The van der Waals surface area contributed by atoms with Gasteiger partial charge in [-0.1, -0.05) is 23.4 Å². The molecule has 0 amide bonds. The molecule has 3 aromatic rings. The second kappa shape index (κ2) is 9.94. The van der Waals surface area contributed by atoms with Crippen molar-refractivity contribution >= 4 is 21.8 Å². The van der Waals surface area contributed by atoms with E-state index in [0.29, 0.717) is 45.4 Å². The number of carbonyl (C=O) groups is 1. The number of hydrogen-bond donors (Lipinski definition) is 0. The zero-order valence-electron chi connectivity index (χ0n) is 21.8. The third-order valence-electron chi connectivity index (χ3n) is 7.29. The van der Waals surface area contributed by atoms with Gasteiger partial charge in [-0.3, -0.25) is 9.08 Å². The normalized spacial score (nSPS) is 21.8. The molecular formula is C28H25NO10S. The summed E-state index contributed by atoms with van der Waals surface area (Å²) in [6.45, 7) is 0.0131. The Kier molecular flexibility index (Phi) is 6.41. The van der Waals surface area contributed by atoms with Crippen LogP contribution in [0, 0.1) is 11.8 Å². The van der Waals surface area contributed by atoms with Gasteiger partial charge in [-0.15, -0.1) is 0 Å². The summed E-state index contributed by atoms with van der Waals surface area (Å²) in [5, 5.41) is 4.13. The summed E-state index contributed by atoms with van der Waals surface area (Å²) in [7, 11) is 0.303. The number of fused-ring (bicyclic) bond motifs is 3.